The van der Waals surface area contributed by atoms with E-state index < -0.39 is 18.6 Å². The maximum Gasteiger partial charge on any atom is 0.405 e. The second-order valence-electron chi connectivity index (χ2n) is 8.61. The Morgan fingerprint density at radius 3 is 2.77 bits per heavy atom. The second-order valence-corrected chi connectivity index (χ2v) is 8.61. The molecule has 2 aromatic heterocycles. The molecule has 0 unspecified atom stereocenters. The molecule has 0 bridgehead atoms. The summed E-state index contributed by atoms with van der Waals surface area (Å²) in [4.78, 5) is 16.9. The van der Waals surface area contributed by atoms with Crippen molar-refractivity contribution in [3.63, 3.8) is 0 Å². The number of aromatic amines is 1. The number of carbonyl (C=O) groups is 1. The summed E-state index contributed by atoms with van der Waals surface area (Å²) >= 11 is 0. The molecule has 1 amide bonds. The predicted molar refractivity (Wildman–Crippen MR) is 122 cm³/mol. The van der Waals surface area contributed by atoms with Crippen molar-refractivity contribution in [1.82, 2.24) is 30.3 Å². The number of benzene rings is 2. The summed E-state index contributed by atoms with van der Waals surface area (Å²) in [6.07, 6.45) is 0.269. The Labute approximate surface area is 198 Å². The molecule has 4 aromatic rings. The van der Waals surface area contributed by atoms with E-state index in [-0.39, 0.29) is 11.3 Å². The topological polar surface area (TPSA) is 97.7 Å². The lowest BCUT2D eigenvalue weighted by atomic mass is 9.96. The van der Waals surface area contributed by atoms with Crippen LogP contribution in [0.3, 0.4) is 0 Å². The SMILES string of the molecule is COc1cc(-c2nc(Cc3ccc4[nH]ncc4c3C3CC3)n(C)n2)ccc1C(=O)NCC(F)(F)F. The number of nitrogens with one attached hydrogen (secondary N) is 2. The van der Waals surface area contributed by atoms with Crippen molar-refractivity contribution < 1.29 is 22.7 Å². The number of rotatable bonds is 7. The van der Waals surface area contributed by atoms with Gasteiger partial charge >= 0.3 is 6.18 Å². The van der Waals surface area contributed by atoms with Crippen LogP contribution in [0.25, 0.3) is 22.3 Å². The van der Waals surface area contributed by atoms with Gasteiger partial charge in [-0.05, 0) is 48.1 Å². The van der Waals surface area contributed by atoms with Crippen LogP contribution >= 0.6 is 0 Å². The molecule has 0 atom stereocenters. The molecular weight excluding hydrogens is 461 g/mol. The van der Waals surface area contributed by atoms with Crippen molar-refractivity contribution in [3.8, 4) is 17.1 Å². The normalized spacial score (nSPS) is 13.9. The summed E-state index contributed by atoms with van der Waals surface area (Å²) in [6.45, 7) is -1.42. The summed E-state index contributed by atoms with van der Waals surface area (Å²) < 4.78 is 44.4. The van der Waals surface area contributed by atoms with Gasteiger partial charge in [0.25, 0.3) is 5.91 Å². The number of methoxy groups -OCH3 is 1. The number of aromatic nitrogens is 5. The minimum Gasteiger partial charge on any atom is -0.496 e. The molecule has 0 radical (unpaired) electrons. The first-order chi connectivity index (χ1) is 16.7. The van der Waals surface area contributed by atoms with Gasteiger partial charge in [0, 0.05) is 24.4 Å². The van der Waals surface area contributed by atoms with Crippen LogP contribution in [0.1, 0.15) is 46.1 Å². The number of aryl methyl sites for hydroxylation is 1. The maximum atomic E-state index is 12.5. The minimum atomic E-state index is -4.50. The second kappa shape index (κ2) is 8.71. The molecule has 1 fully saturated rings. The molecule has 0 spiro atoms. The molecule has 0 aliphatic heterocycles. The molecule has 1 aliphatic rings. The van der Waals surface area contributed by atoms with Crippen LogP contribution in [0.5, 0.6) is 5.75 Å². The Hall–Kier alpha value is -3.89. The lowest BCUT2D eigenvalue weighted by molar-refractivity contribution is -0.123. The van der Waals surface area contributed by atoms with Gasteiger partial charge in [-0.1, -0.05) is 12.1 Å². The largest absolute Gasteiger partial charge is 0.496 e. The molecule has 2 aromatic carbocycles. The van der Waals surface area contributed by atoms with Gasteiger partial charge < -0.3 is 10.1 Å². The summed E-state index contributed by atoms with van der Waals surface area (Å²) in [5.74, 6) is 0.982. The van der Waals surface area contributed by atoms with Gasteiger partial charge in [-0.3, -0.25) is 14.6 Å². The number of halogens is 3. The van der Waals surface area contributed by atoms with Crippen molar-refractivity contribution in [2.75, 3.05) is 13.7 Å². The highest BCUT2D eigenvalue weighted by molar-refractivity contribution is 5.97. The smallest absolute Gasteiger partial charge is 0.405 e. The van der Waals surface area contributed by atoms with Crippen LogP contribution < -0.4 is 10.1 Å². The molecule has 182 valence electrons. The summed E-state index contributed by atoms with van der Waals surface area (Å²) in [5, 5.41) is 14.7. The first-order valence-corrected chi connectivity index (χ1v) is 11.1. The summed E-state index contributed by atoms with van der Waals surface area (Å²) in [7, 11) is 3.16. The highest BCUT2D eigenvalue weighted by Gasteiger charge is 2.30. The minimum absolute atomic E-state index is 0.000792. The van der Waals surface area contributed by atoms with Crippen LogP contribution in [0.4, 0.5) is 13.2 Å². The first-order valence-electron chi connectivity index (χ1n) is 11.1. The number of alkyl halides is 3. The van der Waals surface area contributed by atoms with Crippen LogP contribution in [0.2, 0.25) is 0 Å². The average molecular weight is 484 g/mol. The molecular formula is C24H23F3N6O2. The van der Waals surface area contributed by atoms with Gasteiger partial charge in [0.15, 0.2) is 5.82 Å². The van der Waals surface area contributed by atoms with Gasteiger partial charge in [0.2, 0.25) is 0 Å². The first kappa shape index (κ1) is 22.9. The zero-order valence-electron chi connectivity index (χ0n) is 19.1. The monoisotopic (exact) mass is 484 g/mol. The fourth-order valence-corrected chi connectivity index (χ4v) is 4.25. The molecule has 0 saturated heterocycles. The molecule has 11 heteroatoms. The molecule has 2 N–H and O–H groups in total. The van der Waals surface area contributed by atoms with Crippen molar-refractivity contribution in [2.24, 2.45) is 7.05 Å². The Kier molecular flexibility index (Phi) is 5.70. The van der Waals surface area contributed by atoms with Crippen molar-refractivity contribution in [3.05, 3.63) is 59.0 Å². The number of carbonyl (C=O) groups excluding carboxylic acids is 1. The molecule has 5 rings (SSSR count). The van der Waals surface area contributed by atoms with Crippen LogP contribution in [0, 0.1) is 0 Å². The van der Waals surface area contributed by atoms with Crippen molar-refractivity contribution >= 4 is 16.8 Å². The summed E-state index contributed by atoms with van der Waals surface area (Å²) in [6, 6.07) is 8.67. The molecule has 8 nitrogen and oxygen atoms in total. The van der Waals surface area contributed by atoms with E-state index in [1.54, 1.807) is 16.8 Å². The zero-order valence-corrected chi connectivity index (χ0v) is 19.1. The van der Waals surface area contributed by atoms with Crippen LogP contribution in [-0.2, 0) is 13.5 Å². The highest BCUT2D eigenvalue weighted by Crippen LogP contribution is 2.45. The molecule has 1 saturated carbocycles. The van der Waals surface area contributed by atoms with Gasteiger partial charge in [0.1, 0.15) is 18.1 Å². The Morgan fingerprint density at radius 1 is 1.26 bits per heavy atom. The number of hydrogen-bond donors (Lipinski definition) is 2. The van der Waals surface area contributed by atoms with E-state index in [1.165, 1.54) is 24.3 Å². The molecule has 1 aliphatic carbocycles. The van der Waals surface area contributed by atoms with E-state index in [0.29, 0.717) is 23.7 Å². The number of amides is 1. The Bertz CT molecular complexity index is 1400. The maximum absolute atomic E-state index is 12.5. The van der Waals surface area contributed by atoms with Gasteiger partial charge in [-0.25, -0.2) is 4.98 Å². The van der Waals surface area contributed by atoms with E-state index in [9.17, 15) is 18.0 Å². The number of H-pyrrole nitrogens is 1. The predicted octanol–water partition coefficient (Wildman–Crippen LogP) is 4.13. The average Bonchev–Trinajstić information content (AvgIpc) is 3.43. The third-order valence-corrected chi connectivity index (χ3v) is 6.10. The van der Waals surface area contributed by atoms with Gasteiger partial charge in [-0.2, -0.15) is 23.4 Å². The quantitative estimate of drug-likeness (QED) is 0.411. The fraction of sp³-hybridized carbons (Fsp3) is 0.333. The lowest BCUT2D eigenvalue weighted by Gasteiger charge is -2.11. The van der Waals surface area contributed by atoms with E-state index in [4.69, 9.17) is 9.72 Å². The number of fused-ring (bicyclic) bond motifs is 1. The fourth-order valence-electron chi connectivity index (χ4n) is 4.25. The Balaban J connectivity index is 1.41. The van der Waals surface area contributed by atoms with Crippen LogP contribution in [0.15, 0.2) is 36.5 Å². The van der Waals surface area contributed by atoms with E-state index in [1.807, 2.05) is 24.6 Å². The molecule has 35 heavy (non-hydrogen) atoms. The Morgan fingerprint density at radius 2 is 2.06 bits per heavy atom. The highest BCUT2D eigenvalue weighted by atomic mass is 19.4. The van der Waals surface area contributed by atoms with Crippen molar-refractivity contribution in [1.29, 1.82) is 0 Å². The van der Waals surface area contributed by atoms with E-state index >= 15 is 0 Å². The number of nitrogens with zero attached hydrogens (tertiary/aromatic N) is 4. The van der Waals surface area contributed by atoms with E-state index in [2.05, 4.69) is 21.4 Å². The standard InChI is InChI=1S/C24H23F3N6O2/c1-33-20(10-14-6-8-18-17(11-29-31-18)21(14)13-3-4-13)30-22(32-33)15-5-7-16(19(9-15)35-2)23(34)28-12-24(25,26)27/h5-9,11,13H,3-4,10,12H2,1-2H3,(H,28,34)(H,29,31). The summed E-state index contributed by atoms with van der Waals surface area (Å²) in [5.41, 5.74) is 4.08. The lowest BCUT2D eigenvalue weighted by Crippen LogP contribution is -2.33. The third-order valence-electron chi connectivity index (χ3n) is 6.10. The van der Waals surface area contributed by atoms with Crippen molar-refractivity contribution in [2.45, 2.75) is 31.4 Å². The molecule has 2 heterocycles. The van der Waals surface area contributed by atoms with Gasteiger partial charge in [-0.15, -0.1) is 0 Å². The van der Waals surface area contributed by atoms with Gasteiger partial charge in [0.05, 0.1) is 24.4 Å². The van der Waals surface area contributed by atoms with Crippen LogP contribution in [-0.4, -0.2) is 50.7 Å². The zero-order chi connectivity index (χ0) is 24.7. The number of ether oxygens (including phenoxy) is 1. The van der Waals surface area contributed by atoms with E-state index in [0.717, 1.165) is 29.6 Å². The third kappa shape index (κ3) is 4.71. The number of hydrogen-bond acceptors (Lipinski definition) is 5.